The molecule has 0 rings (SSSR count). The van der Waals surface area contributed by atoms with Gasteiger partial charge in [-0.2, -0.15) is 0 Å². The van der Waals surface area contributed by atoms with Crippen LogP contribution in [-0.4, -0.2) is 26.0 Å². The van der Waals surface area contributed by atoms with Crippen molar-refractivity contribution in [2.45, 2.75) is 25.4 Å². The summed E-state index contributed by atoms with van der Waals surface area (Å²) in [6, 6.07) is 0. The minimum atomic E-state index is -0.990. The Balaban J connectivity index is 3.62. The third kappa shape index (κ3) is 2.88. The van der Waals surface area contributed by atoms with Crippen LogP contribution in [0, 0.1) is 0 Å². The molecule has 0 saturated heterocycles. The summed E-state index contributed by atoms with van der Waals surface area (Å²) < 4.78 is 12.0. The fourth-order valence-electron chi connectivity index (χ4n) is 0.179. The first-order chi connectivity index (χ1) is 3.48. The maximum absolute atomic E-state index is 12.0. The first-order valence-electron chi connectivity index (χ1n) is 2.75. The third-order valence-corrected chi connectivity index (χ3v) is 19.4. The quantitative estimate of drug-likeness (QED) is 0.593. The molecule has 0 saturated carbocycles. The van der Waals surface area contributed by atoms with Crippen LogP contribution < -0.4 is 0 Å². The molecule has 0 radical (unpaired) electrons. The Morgan fingerprint density at radius 1 is 1.38 bits per heavy atom. The van der Waals surface area contributed by atoms with Crippen molar-refractivity contribution in [3.63, 3.8) is 0 Å². The van der Waals surface area contributed by atoms with Crippen LogP contribution in [0.1, 0.15) is 0 Å². The van der Waals surface area contributed by atoms with Crippen LogP contribution in [0.15, 0.2) is 0 Å². The zero-order chi connectivity index (χ0) is 6.78. The second kappa shape index (κ2) is 3.02. The van der Waals surface area contributed by atoms with E-state index >= 15 is 0 Å². The first kappa shape index (κ1) is 8.71. The van der Waals surface area contributed by atoms with Crippen LogP contribution in [0.4, 0.5) is 4.39 Å². The van der Waals surface area contributed by atoms with Gasteiger partial charge in [0.25, 0.3) is 0 Å². The van der Waals surface area contributed by atoms with Gasteiger partial charge in [0.2, 0.25) is 0 Å². The van der Waals surface area contributed by atoms with E-state index in [1.54, 1.807) is 0 Å². The van der Waals surface area contributed by atoms with Crippen molar-refractivity contribution < 1.29 is 4.39 Å². The standard InChI is InChI=1S/C5H14AsFSi/c1-6(5-7)8(2,3)4/h5H2,1-4H3. The molecule has 0 aromatic heterocycles. The molecule has 1 unspecified atom stereocenters. The number of alkyl halides is 1. The molecule has 8 heavy (non-hydrogen) atoms. The van der Waals surface area contributed by atoms with E-state index in [9.17, 15) is 4.39 Å². The fourth-order valence-corrected chi connectivity index (χ4v) is 2.79. The predicted molar refractivity (Wildman–Crippen MR) is 40.9 cm³/mol. The number of halogens is 1. The van der Waals surface area contributed by atoms with Crippen molar-refractivity contribution in [3.8, 4) is 0 Å². The average molecular weight is 196 g/mol. The van der Waals surface area contributed by atoms with Gasteiger partial charge in [0.1, 0.15) is 0 Å². The van der Waals surface area contributed by atoms with Crippen molar-refractivity contribution in [2.75, 3.05) is 5.46 Å². The summed E-state index contributed by atoms with van der Waals surface area (Å²) in [4.78, 5) is 0. The van der Waals surface area contributed by atoms with E-state index in [4.69, 9.17) is 0 Å². The predicted octanol–water partition coefficient (Wildman–Crippen LogP) is 2.04. The molecular formula is C5H14AsFSi. The molecule has 0 amide bonds. The molecule has 3 heteroatoms. The Morgan fingerprint density at radius 3 is 1.75 bits per heavy atom. The van der Waals surface area contributed by atoms with Crippen LogP contribution >= 0.6 is 0 Å². The Bertz CT molecular complexity index is 69.3. The molecular weight excluding hydrogens is 182 g/mol. The van der Waals surface area contributed by atoms with Crippen molar-refractivity contribution in [3.05, 3.63) is 0 Å². The van der Waals surface area contributed by atoms with Gasteiger partial charge in [-0.25, -0.2) is 0 Å². The molecule has 0 aliphatic carbocycles. The Kier molecular flexibility index (Phi) is 3.29. The summed E-state index contributed by atoms with van der Waals surface area (Å²) in [5.41, 5.74) is 2.14. The third-order valence-electron chi connectivity index (χ3n) is 1.32. The van der Waals surface area contributed by atoms with Crippen LogP contribution in [0.25, 0.3) is 0 Å². The molecule has 50 valence electrons. The molecule has 0 aliphatic rings. The normalized spacial score (nSPS) is 16.1. The molecule has 1 atom stereocenters. The monoisotopic (exact) mass is 196 g/mol. The van der Waals surface area contributed by atoms with E-state index in [0.29, 0.717) is 0 Å². The molecule has 0 heterocycles. The van der Waals surface area contributed by atoms with Gasteiger partial charge >= 0.3 is 55.7 Å². The zero-order valence-electron chi connectivity index (χ0n) is 6.03. The van der Waals surface area contributed by atoms with Gasteiger partial charge in [-0.05, 0) is 0 Å². The van der Waals surface area contributed by atoms with E-state index in [1.807, 2.05) is 0 Å². The maximum atomic E-state index is 12.0. The molecule has 0 aromatic carbocycles. The Morgan fingerprint density at radius 2 is 1.75 bits per heavy atom. The van der Waals surface area contributed by atoms with E-state index in [1.165, 1.54) is 0 Å². The van der Waals surface area contributed by atoms with E-state index < -0.39 is 20.5 Å². The number of hydrogen-bond acceptors (Lipinski definition) is 0. The zero-order valence-corrected chi connectivity index (χ0v) is 8.91. The van der Waals surface area contributed by atoms with Crippen molar-refractivity contribution in [1.29, 1.82) is 0 Å². The summed E-state index contributed by atoms with van der Waals surface area (Å²) in [5.74, 6) is 0. The Labute approximate surface area is 56.1 Å². The molecule has 0 aliphatic heterocycles. The average Bonchev–Trinajstić information content (AvgIpc) is 1.62. The SMILES string of the molecule is C[As](CF)[Si](C)(C)C. The van der Waals surface area contributed by atoms with Crippen molar-refractivity contribution >= 4 is 20.5 Å². The summed E-state index contributed by atoms with van der Waals surface area (Å²) in [6.07, 6.45) is 0. The second-order valence-corrected chi connectivity index (χ2v) is 23.2. The number of hydrogen-bond donors (Lipinski definition) is 0. The van der Waals surface area contributed by atoms with Gasteiger partial charge in [0.05, 0.1) is 0 Å². The molecule has 0 fully saturated rings. The second-order valence-electron chi connectivity index (χ2n) is 2.99. The van der Waals surface area contributed by atoms with Crippen molar-refractivity contribution in [1.82, 2.24) is 0 Å². The summed E-state index contributed by atoms with van der Waals surface area (Å²) >= 11 is -0.958. The van der Waals surface area contributed by atoms with Gasteiger partial charge in [-0.1, -0.05) is 0 Å². The van der Waals surface area contributed by atoms with Gasteiger partial charge in [-0.15, -0.1) is 0 Å². The molecule has 0 nitrogen and oxygen atoms in total. The molecule has 0 bridgehead atoms. The molecule has 0 spiro atoms. The Hall–Kier alpha value is 0.705. The van der Waals surface area contributed by atoms with Crippen LogP contribution in [0.2, 0.25) is 25.4 Å². The van der Waals surface area contributed by atoms with Crippen LogP contribution in [-0.2, 0) is 0 Å². The summed E-state index contributed by atoms with van der Waals surface area (Å²) in [5, 5.41) is 0. The topological polar surface area (TPSA) is 0 Å². The number of rotatable bonds is 2. The van der Waals surface area contributed by atoms with Gasteiger partial charge in [0.15, 0.2) is 0 Å². The van der Waals surface area contributed by atoms with Crippen LogP contribution in [0.5, 0.6) is 0 Å². The summed E-state index contributed by atoms with van der Waals surface area (Å²) in [7, 11) is 0. The minimum absolute atomic E-state index is 0.00270. The van der Waals surface area contributed by atoms with Gasteiger partial charge < -0.3 is 0 Å². The summed E-state index contributed by atoms with van der Waals surface area (Å²) in [6.45, 7) is 5.78. The molecule has 0 aromatic rings. The van der Waals surface area contributed by atoms with Gasteiger partial charge in [-0.3, -0.25) is 0 Å². The first-order valence-corrected chi connectivity index (χ1v) is 12.2. The fraction of sp³-hybridized carbons (Fsp3) is 1.00. The van der Waals surface area contributed by atoms with E-state index in [2.05, 4.69) is 25.4 Å². The van der Waals surface area contributed by atoms with Crippen molar-refractivity contribution in [2.24, 2.45) is 0 Å². The van der Waals surface area contributed by atoms with E-state index in [0.717, 1.165) is 0 Å². The van der Waals surface area contributed by atoms with Gasteiger partial charge in [0, 0.05) is 0 Å². The van der Waals surface area contributed by atoms with E-state index in [-0.39, 0.29) is 5.46 Å². The van der Waals surface area contributed by atoms with Crippen LogP contribution in [0.3, 0.4) is 0 Å². The molecule has 0 N–H and O–H groups in total.